The molecule has 0 aliphatic rings. The van der Waals surface area contributed by atoms with E-state index in [-0.39, 0.29) is 26.2 Å². The zero-order chi connectivity index (χ0) is 33.1. The molecule has 0 saturated heterocycles. The van der Waals surface area contributed by atoms with E-state index < -0.39 is 48.3 Å². The van der Waals surface area contributed by atoms with Crippen LogP contribution in [0.3, 0.4) is 0 Å². The molecule has 0 aliphatic heterocycles. The third-order valence-corrected chi connectivity index (χ3v) is 5.40. The predicted molar refractivity (Wildman–Crippen MR) is 156 cm³/mol. The summed E-state index contributed by atoms with van der Waals surface area (Å²) in [6.07, 6.45) is -5.63. The van der Waals surface area contributed by atoms with Crippen LogP contribution in [-0.2, 0) is 45.4 Å². The Labute approximate surface area is 277 Å². The molecule has 4 atom stereocenters. The number of rotatable bonds is 8. The van der Waals surface area contributed by atoms with Crippen molar-refractivity contribution in [1.82, 2.24) is 0 Å². The minimum absolute atomic E-state index is 0. The molecule has 8 N–H and O–H groups in total. The van der Waals surface area contributed by atoms with E-state index in [1.807, 2.05) is 0 Å². The van der Waals surface area contributed by atoms with Crippen molar-refractivity contribution in [1.29, 1.82) is 0 Å². The van der Waals surface area contributed by atoms with Crippen LogP contribution in [0.1, 0.15) is 46.7 Å². The van der Waals surface area contributed by atoms with Crippen molar-refractivity contribution in [3.05, 3.63) is 144 Å². The Hall–Kier alpha value is -4.52. The number of carboxylic acids is 4. The molecule has 4 rings (SSSR count). The predicted octanol–water partition coefficient (Wildman–Crippen LogP) is 3.22. The van der Waals surface area contributed by atoms with Crippen LogP contribution in [0.5, 0.6) is 0 Å². The Balaban J connectivity index is 0.000000569. The number of hydrogen-bond acceptors (Lipinski definition) is 8. The van der Waals surface area contributed by atoms with Crippen LogP contribution in [0.4, 0.5) is 0 Å². The molecule has 4 aromatic rings. The van der Waals surface area contributed by atoms with Crippen LogP contribution in [0, 0.1) is 0 Å². The monoisotopic (exact) mass is 698 g/mol. The SMILES string of the molecule is O=C(O)C(O)c1ccccc1.O=C(O)C(O)c1ccccc1.O=C(O)C(O)c1ccccc1.O=C(O)C(O)c1ccccc1.[Zr]. The largest absolute Gasteiger partial charge is 0.479 e. The molecule has 0 amide bonds. The van der Waals surface area contributed by atoms with Gasteiger partial charge in [0.1, 0.15) is 0 Å². The Morgan fingerprint density at radius 3 is 0.578 bits per heavy atom. The molecule has 0 radical (unpaired) electrons. The topological polar surface area (TPSA) is 230 Å². The molecule has 4 aromatic carbocycles. The van der Waals surface area contributed by atoms with Gasteiger partial charge in [-0.05, 0) is 22.3 Å². The van der Waals surface area contributed by atoms with Crippen molar-refractivity contribution >= 4 is 23.9 Å². The number of benzene rings is 4. The maximum atomic E-state index is 10.2. The van der Waals surface area contributed by atoms with Crippen LogP contribution < -0.4 is 0 Å². The van der Waals surface area contributed by atoms with E-state index in [1.54, 1.807) is 121 Å². The van der Waals surface area contributed by atoms with Crippen LogP contribution in [0.2, 0.25) is 0 Å². The molecule has 13 heteroatoms. The smallest absolute Gasteiger partial charge is 0.337 e. The number of carboxylic acid groups (broad SMARTS) is 4. The average molecular weight is 700 g/mol. The Bertz CT molecular complexity index is 1200. The summed E-state index contributed by atoms with van der Waals surface area (Å²) in [5.74, 6) is -4.90. The van der Waals surface area contributed by atoms with Gasteiger partial charge in [0.15, 0.2) is 24.4 Å². The van der Waals surface area contributed by atoms with Crippen LogP contribution in [0.15, 0.2) is 121 Å². The minimum Gasteiger partial charge on any atom is -0.479 e. The summed E-state index contributed by atoms with van der Waals surface area (Å²) in [6, 6.07) is 33.1. The van der Waals surface area contributed by atoms with Gasteiger partial charge in [-0.15, -0.1) is 0 Å². The first-order valence-corrected chi connectivity index (χ1v) is 12.7. The molecule has 0 saturated carbocycles. The molecule has 236 valence electrons. The third kappa shape index (κ3) is 15.7. The normalized spacial score (nSPS) is 12.2. The Morgan fingerprint density at radius 1 is 0.333 bits per heavy atom. The van der Waals surface area contributed by atoms with Crippen molar-refractivity contribution in [2.45, 2.75) is 24.4 Å². The summed E-state index contributed by atoms with van der Waals surface area (Å²) in [5, 5.41) is 69.5. The van der Waals surface area contributed by atoms with E-state index >= 15 is 0 Å². The summed E-state index contributed by atoms with van der Waals surface area (Å²) in [7, 11) is 0. The van der Waals surface area contributed by atoms with Gasteiger partial charge in [0.2, 0.25) is 0 Å². The Morgan fingerprint density at radius 2 is 0.467 bits per heavy atom. The second-order valence-corrected chi connectivity index (χ2v) is 8.61. The van der Waals surface area contributed by atoms with Crippen molar-refractivity contribution in [3.63, 3.8) is 0 Å². The fraction of sp³-hybridized carbons (Fsp3) is 0.125. The van der Waals surface area contributed by atoms with E-state index in [2.05, 4.69) is 0 Å². The first-order chi connectivity index (χ1) is 20.9. The quantitative estimate of drug-likeness (QED) is 0.133. The van der Waals surface area contributed by atoms with Gasteiger partial charge < -0.3 is 40.9 Å². The number of aliphatic carboxylic acids is 4. The van der Waals surface area contributed by atoms with Gasteiger partial charge in [0.05, 0.1) is 0 Å². The first-order valence-electron chi connectivity index (χ1n) is 12.7. The fourth-order valence-electron chi connectivity index (χ4n) is 3.11. The summed E-state index contributed by atoms with van der Waals surface area (Å²) >= 11 is 0. The second-order valence-electron chi connectivity index (χ2n) is 8.61. The third-order valence-electron chi connectivity index (χ3n) is 5.40. The summed E-state index contributed by atoms with van der Waals surface area (Å²) in [6.45, 7) is 0. The van der Waals surface area contributed by atoms with Crippen molar-refractivity contribution < 1.29 is 86.2 Å². The maximum Gasteiger partial charge on any atom is 0.337 e. The van der Waals surface area contributed by atoms with E-state index in [1.165, 1.54) is 0 Å². The van der Waals surface area contributed by atoms with Crippen molar-refractivity contribution in [2.24, 2.45) is 0 Å². The zero-order valence-corrected chi connectivity index (χ0v) is 26.0. The van der Waals surface area contributed by atoms with Gasteiger partial charge in [-0.25, -0.2) is 19.2 Å². The van der Waals surface area contributed by atoms with Gasteiger partial charge in [-0.3, -0.25) is 0 Å². The number of aliphatic hydroxyl groups is 4. The van der Waals surface area contributed by atoms with Crippen molar-refractivity contribution in [3.8, 4) is 0 Å². The molecule has 12 nitrogen and oxygen atoms in total. The van der Waals surface area contributed by atoms with Gasteiger partial charge in [-0.1, -0.05) is 121 Å². The van der Waals surface area contributed by atoms with Gasteiger partial charge in [0.25, 0.3) is 0 Å². The molecule has 0 bridgehead atoms. The first kappa shape index (κ1) is 40.5. The molecule has 0 spiro atoms. The van der Waals surface area contributed by atoms with Crippen LogP contribution in [-0.4, -0.2) is 64.7 Å². The standard InChI is InChI=1S/4C8H8O3.Zr/c4*9-7(8(10)11)6-4-2-1-3-5-6;/h4*1-5,7,9H,(H,10,11);. The Kier molecular flexibility index (Phi) is 19.8. The van der Waals surface area contributed by atoms with Gasteiger partial charge >= 0.3 is 23.9 Å². The van der Waals surface area contributed by atoms with Gasteiger partial charge in [0, 0.05) is 26.2 Å². The molecule has 0 aromatic heterocycles. The summed E-state index contributed by atoms with van der Waals surface area (Å²) < 4.78 is 0. The average Bonchev–Trinajstić information content (AvgIpc) is 3.05. The molecule has 0 aliphatic carbocycles. The number of hydrogen-bond donors (Lipinski definition) is 8. The number of carbonyl (C=O) groups is 4. The van der Waals surface area contributed by atoms with Gasteiger partial charge in [-0.2, -0.15) is 0 Å². The van der Waals surface area contributed by atoms with Crippen LogP contribution in [0.25, 0.3) is 0 Å². The maximum absolute atomic E-state index is 10.2. The minimum atomic E-state index is -1.41. The zero-order valence-electron chi connectivity index (χ0n) is 23.6. The molecule has 0 fully saturated rings. The number of aliphatic hydroxyl groups excluding tert-OH is 4. The fourth-order valence-corrected chi connectivity index (χ4v) is 3.11. The van der Waals surface area contributed by atoms with E-state index in [4.69, 9.17) is 40.9 Å². The second kappa shape index (κ2) is 22.1. The summed E-state index contributed by atoms with van der Waals surface area (Å²) in [5.41, 5.74) is 1.61. The van der Waals surface area contributed by atoms with Crippen molar-refractivity contribution in [2.75, 3.05) is 0 Å². The molecule has 4 unspecified atom stereocenters. The molecular weight excluding hydrogens is 668 g/mol. The van der Waals surface area contributed by atoms with E-state index in [0.717, 1.165) is 0 Å². The molecule has 45 heavy (non-hydrogen) atoms. The molecule has 0 heterocycles. The van der Waals surface area contributed by atoms with Crippen LogP contribution >= 0.6 is 0 Å². The summed E-state index contributed by atoms with van der Waals surface area (Å²) in [4.78, 5) is 41.0. The van der Waals surface area contributed by atoms with E-state index in [0.29, 0.717) is 22.3 Å². The van der Waals surface area contributed by atoms with E-state index in [9.17, 15) is 19.2 Å². The molecular formula is C32H32O12Zr.